The molecule has 1 aromatic heterocycles. The molecule has 96 valence electrons. The SMILES string of the molecule is CCN(CC)CCCNc1ccnc(NN)n1. The minimum absolute atomic E-state index is 0.429. The zero-order valence-electron chi connectivity index (χ0n) is 10.6. The lowest BCUT2D eigenvalue weighted by Crippen LogP contribution is -2.25. The molecule has 0 aliphatic heterocycles. The van der Waals surface area contributed by atoms with Crippen molar-refractivity contribution in [3.63, 3.8) is 0 Å². The van der Waals surface area contributed by atoms with Crippen LogP contribution in [0.4, 0.5) is 11.8 Å². The van der Waals surface area contributed by atoms with Crippen LogP contribution >= 0.6 is 0 Å². The van der Waals surface area contributed by atoms with Gasteiger partial charge in [0.25, 0.3) is 0 Å². The third kappa shape index (κ3) is 4.97. The van der Waals surface area contributed by atoms with Gasteiger partial charge in [-0.05, 0) is 32.1 Å². The van der Waals surface area contributed by atoms with Gasteiger partial charge in [0.15, 0.2) is 0 Å². The number of nitrogens with one attached hydrogen (secondary N) is 2. The van der Waals surface area contributed by atoms with Crippen LogP contribution in [0.5, 0.6) is 0 Å². The number of anilines is 2. The number of hydrazine groups is 1. The highest BCUT2D eigenvalue weighted by Crippen LogP contribution is 2.04. The van der Waals surface area contributed by atoms with Gasteiger partial charge in [0.1, 0.15) is 5.82 Å². The van der Waals surface area contributed by atoms with Crippen LogP contribution in [0.2, 0.25) is 0 Å². The Hall–Kier alpha value is -1.40. The fraction of sp³-hybridized carbons (Fsp3) is 0.636. The molecule has 6 heteroatoms. The second-order valence-electron chi connectivity index (χ2n) is 3.72. The van der Waals surface area contributed by atoms with Gasteiger partial charge >= 0.3 is 0 Å². The van der Waals surface area contributed by atoms with Gasteiger partial charge < -0.3 is 10.2 Å². The molecule has 0 aliphatic carbocycles. The maximum Gasteiger partial charge on any atom is 0.239 e. The number of nitrogens with two attached hydrogens (primary N) is 1. The molecule has 1 heterocycles. The highest BCUT2D eigenvalue weighted by molar-refractivity contribution is 5.38. The lowest BCUT2D eigenvalue weighted by atomic mass is 10.3. The van der Waals surface area contributed by atoms with E-state index in [0.717, 1.165) is 38.4 Å². The van der Waals surface area contributed by atoms with E-state index in [9.17, 15) is 0 Å². The normalized spacial score (nSPS) is 10.6. The molecule has 1 rings (SSSR count). The molecule has 0 aromatic carbocycles. The van der Waals surface area contributed by atoms with Gasteiger partial charge in [-0.15, -0.1) is 0 Å². The number of hydrogen-bond acceptors (Lipinski definition) is 6. The predicted octanol–water partition coefficient (Wildman–Crippen LogP) is 0.906. The zero-order valence-corrected chi connectivity index (χ0v) is 10.6. The van der Waals surface area contributed by atoms with Gasteiger partial charge in [0.2, 0.25) is 5.95 Å². The summed E-state index contributed by atoms with van der Waals surface area (Å²) < 4.78 is 0. The summed E-state index contributed by atoms with van der Waals surface area (Å²) in [5.41, 5.74) is 2.42. The van der Waals surface area contributed by atoms with Gasteiger partial charge in [0.05, 0.1) is 0 Å². The molecule has 0 saturated carbocycles. The van der Waals surface area contributed by atoms with Crippen molar-refractivity contribution in [2.24, 2.45) is 5.84 Å². The average molecular weight is 238 g/mol. The fourth-order valence-corrected chi connectivity index (χ4v) is 1.59. The molecule has 0 radical (unpaired) electrons. The van der Waals surface area contributed by atoms with Gasteiger partial charge in [-0.3, -0.25) is 5.43 Å². The zero-order chi connectivity index (χ0) is 12.5. The highest BCUT2D eigenvalue weighted by atomic mass is 15.3. The van der Waals surface area contributed by atoms with Crippen molar-refractivity contribution in [1.82, 2.24) is 14.9 Å². The second kappa shape index (κ2) is 7.81. The summed E-state index contributed by atoms with van der Waals surface area (Å²) in [4.78, 5) is 10.5. The molecule has 4 N–H and O–H groups in total. The number of nitrogens with zero attached hydrogens (tertiary/aromatic N) is 3. The van der Waals surface area contributed by atoms with E-state index >= 15 is 0 Å². The predicted molar refractivity (Wildman–Crippen MR) is 70.7 cm³/mol. The Morgan fingerprint density at radius 1 is 1.35 bits per heavy atom. The van der Waals surface area contributed by atoms with Crippen molar-refractivity contribution in [1.29, 1.82) is 0 Å². The van der Waals surface area contributed by atoms with E-state index < -0.39 is 0 Å². The molecule has 0 bridgehead atoms. The first-order valence-electron chi connectivity index (χ1n) is 6.06. The Labute approximate surface area is 103 Å². The molecule has 17 heavy (non-hydrogen) atoms. The van der Waals surface area contributed by atoms with Crippen LogP contribution in [0.25, 0.3) is 0 Å². The van der Waals surface area contributed by atoms with Crippen LogP contribution < -0.4 is 16.6 Å². The largest absolute Gasteiger partial charge is 0.370 e. The van der Waals surface area contributed by atoms with Gasteiger partial charge in [-0.2, -0.15) is 4.98 Å². The van der Waals surface area contributed by atoms with Crippen LogP contribution in [-0.2, 0) is 0 Å². The van der Waals surface area contributed by atoms with E-state index in [1.807, 2.05) is 6.07 Å². The van der Waals surface area contributed by atoms with E-state index in [1.54, 1.807) is 6.20 Å². The van der Waals surface area contributed by atoms with Crippen molar-refractivity contribution in [2.45, 2.75) is 20.3 Å². The van der Waals surface area contributed by atoms with E-state index in [4.69, 9.17) is 5.84 Å². The maximum absolute atomic E-state index is 5.24. The molecule has 0 atom stereocenters. The van der Waals surface area contributed by atoms with Crippen LogP contribution in [-0.4, -0.2) is 41.0 Å². The van der Waals surface area contributed by atoms with Crippen molar-refractivity contribution in [3.8, 4) is 0 Å². The topological polar surface area (TPSA) is 79.1 Å². The summed E-state index contributed by atoms with van der Waals surface area (Å²) in [6, 6.07) is 1.83. The lowest BCUT2D eigenvalue weighted by Gasteiger charge is -2.17. The number of hydrogen-bond donors (Lipinski definition) is 3. The van der Waals surface area contributed by atoms with Gasteiger partial charge in [-0.1, -0.05) is 13.8 Å². The molecule has 0 amide bonds. The molecular weight excluding hydrogens is 216 g/mol. The Balaban J connectivity index is 2.26. The lowest BCUT2D eigenvalue weighted by molar-refractivity contribution is 0.303. The van der Waals surface area contributed by atoms with Crippen molar-refractivity contribution in [3.05, 3.63) is 12.3 Å². The van der Waals surface area contributed by atoms with E-state index in [0.29, 0.717) is 5.95 Å². The van der Waals surface area contributed by atoms with Gasteiger partial charge in [-0.25, -0.2) is 10.8 Å². The summed E-state index contributed by atoms with van der Waals surface area (Å²) in [5, 5.41) is 3.25. The molecule has 0 aliphatic rings. The molecule has 0 saturated heterocycles. The first kappa shape index (κ1) is 13.7. The summed E-state index contributed by atoms with van der Waals surface area (Å²) >= 11 is 0. The minimum atomic E-state index is 0.429. The van der Waals surface area contributed by atoms with Crippen molar-refractivity contribution >= 4 is 11.8 Å². The van der Waals surface area contributed by atoms with Crippen LogP contribution in [0.1, 0.15) is 20.3 Å². The quantitative estimate of drug-likeness (QED) is 0.355. The Morgan fingerprint density at radius 2 is 2.12 bits per heavy atom. The molecule has 1 aromatic rings. The smallest absolute Gasteiger partial charge is 0.239 e. The van der Waals surface area contributed by atoms with Crippen molar-refractivity contribution in [2.75, 3.05) is 36.9 Å². The van der Waals surface area contributed by atoms with E-state index in [-0.39, 0.29) is 0 Å². The highest BCUT2D eigenvalue weighted by Gasteiger charge is 1.99. The number of rotatable bonds is 8. The van der Waals surface area contributed by atoms with E-state index in [1.165, 1.54) is 0 Å². The second-order valence-corrected chi connectivity index (χ2v) is 3.72. The summed E-state index contributed by atoms with van der Waals surface area (Å²) in [6.07, 6.45) is 2.77. The summed E-state index contributed by atoms with van der Waals surface area (Å²) in [6.45, 7) is 8.57. The molecule has 0 fully saturated rings. The maximum atomic E-state index is 5.24. The Bertz CT molecular complexity index is 313. The minimum Gasteiger partial charge on any atom is -0.370 e. The first-order valence-corrected chi connectivity index (χ1v) is 6.06. The fourth-order valence-electron chi connectivity index (χ4n) is 1.59. The van der Waals surface area contributed by atoms with E-state index in [2.05, 4.69) is 39.5 Å². The summed E-state index contributed by atoms with van der Waals surface area (Å²) in [5.74, 6) is 6.47. The molecular formula is C11H22N6. The average Bonchev–Trinajstić information content (AvgIpc) is 2.39. The first-order chi connectivity index (χ1) is 8.30. The molecule has 0 spiro atoms. The monoisotopic (exact) mass is 238 g/mol. The third-order valence-electron chi connectivity index (χ3n) is 2.64. The molecule has 6 nitrogen and oxygen atoms in total. The third-order valence-corrected chi connectivity index (χ3v) is 2.64. The Morgan fingerprint density at radius 3 is 2.76 bits per heavy atom. The van der Waals surface area contributed by atoms with Crippen LogP contribution in [0.3, 0.4) is 0 Å². The standard InChI is InChI=1S/C11H22N6/c1-3-17(4-2)9-5-7-13-10-6-8-14-11(15-10)16-12/h6,8H,3-5,7,9,12H2,1-2H3,(H2,13,14,15,16). The van der Waals surface area contributed by atoms with Crippen LogP contribution in [0, 0.1) is 0 Å². The number of aromatic nitrogens is 2. The van der Waals surface area contributed by atoms with Crippen LogP contribution in [0.15, 0.2) is 12.3 Å². The molecule has 0 unspecified atom stereocenters. The van der Waals surface area contributed by atoms with Gasteiger partial charge in [0, 0.05) is 12.7 Å². The number of nitrogen functional groups attached to an aromatic ring is 1. The summed E-state index contributed by atoms with van der Waals surface area (Å²) in [7, 11) is 0. The Kier molecular flexibility index (Phi) is 6.27. The van der Waals surface area contributed by atoms with Crippen molar-refractivity contribution < 1.29 is 0 Å².